The zero-order valence-corrected chi connectivity index (χ0v) is 17.8. The summed E-state index contributed by atoms with van der Waals surface area (Å²) in [5, 5.41) is 5.79. The Morgan fingerprint density at radius 1 is 1.14 bits per heavy atom. The fourth-order valence-electron chi connectivity index (χ4n) is 3.50. The maximum absolute atomic E-state index is 12.5. The minimum atomic E-state index is -0.195. The normalized spacial score (nSPS) is 15.9. The van der Waals surface area contributed by atoms with Gasteiger partial charge in [0, 0.05) is 18.9 Å². The van der Waals surface area contributed by atoms with Gasteiger partial charge in [0.15, 0.2) is 0 Å². The first-order chi connectivity index (χ1) is 14.0. The lowest BCUT2D eigenvalue weighted by Crippen LogP contribution is -2.32. The van der Waals surface area contributed by atoms with Gasteiger partial charge in [-0.1, -0.05) is 41.5 Å². The molecule has 1 aliphatic heterocycles. The largest absolute Gasteiger partial charge is 0.376 e. The Kier molecular flexibility index (Phi) is 7.72. The minimum absolute atomic E-state index is 0.0855. The zero-order chi connectivity index (χ0) is 20.6. The fraction of sp³-hybridized carbons (Fsp3) is 0.391. The molecule has 1 saturated heterocycles. The number of ether oxygens (including phenoxy) is 1. The van der Waals surface area contributed by atoms with Crippen molar-refractivity contribution >= 4 is 29.3 Å². The van der Waals surface area contributed by atoms with Crippen LogP contribution in [0.4, 0.5) is 5.69 Å². The lowest BCUT2D eigenvalue weighted by Gasteiger charge is -2.14. The van der Waals surface area contributed by atoms with Crippen LogP contribution in [0.2, 0.25) is 0 Å². The monoisotopic (exact) mass is 412 g/mol. The average Bonchev–Trinajstić information content (AvgIpc) is 3.19. The van der Waals surface area contributed by atoms with Gasteiger partial charge >= 0.3 is 0 Å². The van der Waals surface area contributed by atoms with Crippen molar-refractivity contribution in [3.05, 3.63) is 64.7 Å². The molecule has 1 fully saturated rings. The van der Waals surface area contributed by atoms with Crippen LogP contribution in [0.5, 0.6) is 0 Å². The van der Waals surface area contributed by atoms with Crippen molar-refractivity contribution < 1.29 is 14.3 Å². The smallest absolute Gasteiger partial charge is 0.253 e. The standard InChI is InChI=1S/C23H28N2O3S/c1-16-10-17(2)12-18(11-16)14-29-15-22(26)25-21-8-4-3-7-20(21)23(27)24-13-19-6-5-9-28-19/h3-4,7-8,10-12,19H,5-6,9,13-15H2,1-2H3,(H,24,27)(H,25,26)/t19-/m1/s1. The molecule has 3 rings (SSSR count). The molecule has 0 radical (unpaired) electrons. The number of benzene rings is 2. The van der Waals surface area contributed by atoms with Crippen LogP contribution in [0.1, 0.15) is 39.9 Å². The number of amides is 2. The molecule has 0 saturated carbocycles. The summed E-state index contributed by atoms with van der Waals surface area (Å²) >= 11 is 1.56. The number of carbonyl (C=O) groups is 2. The quantitative estimate of drug-likeness (QED) is 0.685. The van der Waals surface area contributed by atoms with E-state index in [4.69, 9.17) is 4.74 Å². The van der Waals surface area contributed by atoms with E-state index in [-0.39, 0.29) is 17.9 Å². The van der Waals surface area contributed by atoms with E-state index in [1.165, 1.54) is 16.7 Å². The molecule has 0 bridgehead atoms. The molecule has 0 spiro atoms. The van der Waals surface area contributed by atoms with Crippen LogP contribution < -0.4 is 10.6 Å². The van der Waals surface area contributed by atoms with Gasteiger partial charge < -0.3 is 15.4 Å². The van der Waals surface area contributed by atoms with Crippen LogP contribution in [-0.4, -0.2) is 36.8 Å². The molecule has 154 valence electrons. The van der Waals surface area contributed by atoms with Crippen LogP contribution >= 0.6 is 11.8 Å². The number of carbonyl (C=O) groups excluding carboxylic acids is 2. The maximum Gasteiger partial charge on any atom is 0.253 e. The maximum atomic E-state index is 12.5. The first-order valence-electron chi connectivity index (χ1n) is 9.95. The van der Waals surface area contributed by atoms with Crippen LogP contribution in [0.15, 0.2) is 42.5 Å². The number of rotatable bonds is 8. The highest BCUT2D eigenvalue weighted by Gasteiger charge is 2.18. The van der Waals surface area contributed by atoms with E-state index < -0.39 is 0 Å². The van der Waals surface area contributed by atoms with Gasteiger partial charge in [0.1, 0.15) is 0 Å². The van der Waals surface area contributed by atoms with E-state index in [1.54, 1.807) is 30.0 Å². The van der Waals surface area contributed by atoms with Crippen molar-refractivity contribution in [2.75, 3.05) is 24.2 Å². The number of para-hydroxylation sites is 1. The van der Waals surface area contributed by atoms with Gasteiger partial charge in [-0.15, -0.1) is 11.8 Å². The van der Waals surface area contributed by atoms with Crippen LogP contribution in [0.25, 0.3) is 0 Å². The minimum Gasteiger partial charge on any atom is -0.376 e. The third-order valence-corrected chi connectivity index (χ3v) is 5.75. The van der Waals surface area contributed by atoms with E-state index in [0.29, 0.717) is 23.5 Å². The van der Waals surface area contributed by atoms with Crippen molar-refractivity contribution in [2.45, 2.75) is 38.5 Å². The molecule has 5 nitrogen and oxygen atoms in total. The van der Waals surface area contributed by atoms with E-state index in [9.17, 15) is 9.59 Å². The average molecular weight is 413 g/mol. The predicted molar refractivity (Wildman–Crippen MR) is 118 cm³/mol. The number of anilines is 1. The first kappa shape index (κ1) is 21.4. The third kappa shape index (κ3) is 6.61. The molecule has 2 aromatic carbocycles. The van der Waals surface area contributed by atoms with Crippen molar-refractivity contribution in [1.82, 2.24) is 5.32 Å². The Balaban J connectivity index is 1.51. The Bertz CT molecular complexity index is 843. The van der Waals surface area contributed by atoms with Crippen LogP contribution in [-0.2, 0) is 15.3 Å². The molecule has 0 unspecified atom stereocenters. The Morgan fingerprint density at radius 2 is 1.90 bits per heavy atom. The van der Waals surface area contributed by atoms with E-state index in [0.717, 1.165) is 25.2 Å². The SMILES string of the molecule is Cc1cc(C)cc(CSCC(=O)Nc2ccccc2C(=O)NC[C@H]2CCCO2)c1. The molecule has 1 aliphatic rings. The molecule has 2 N–H and O–H groups in total. The van der Waals surface area contributed by atoms with Crippen molar-refractivity contribution in [3.8, 4) is 0 Å². The fourth-order valence-corrected chi connectivity index (χ4v) is 4.26. The van der Waals surface area contributed by atoms with Crippen molar-refractivity contribution in [1.29, 1.82) is 0 Å². The number of aryl methyl sites for hydroxylation is 2. The van der Waals surface area contributed by atoms with Gasteiger partial charge in [-0.2, -0.15) is 0 Å². The molecule has 0 aromatic heterocycles. The van der Waals surface area contributed by atoms with Gasteiger partial charge in [0.25, 0.3) is 5.91 Å². The topological polar surface area (TPSA) is 67.4 Å². The number of hydrogen-bond donors (Lipinski definition) is 2. The molecule has 1 heterocycles. The molecule has 6 heteroatoms. The molecule has 2 aromatic rings. The molecule has 2 amide bonds. The zero-order valence-electron chi connectivity index (χ0n) is 17.0. The summed E-state index contributed by atoms with van der Waals surface area (Å²) in [5.41, 5.74) is 4.68. The summed E-state index contributed by atoms with van der Waals surface area (Å²) in [6.07, 6.45) is 2.09. The summed E-state index contributed by atoms with van der Waals surface area (Å²) in [5.74, 6) is 0.802. The predicted octanol–water partition coefficient (Wildman–Crippen LogP) is 4.08. The second kappa shape index (κ2) is 10.5. The summed E-state index contributed by atoms with van der Waals surface area (Å²) < 4.78 is 5.54. The summed E-state index contributed by atoms with van der Waals surface area (Å²) in [7, 11) is 0. The Hall–Kier alpha value is -2.31. The molecular weight excluding hydrogens is 384 g/mol. The lowest BCUT2D eigenvalue weighted by atomic mass is 10.1. The van der Waals surface area contributed by atoms with Gasteiger partial charge in [0.05, 0.1) is 23.1 Å². The molecule has 1 atom stereocenters. The van der Waals surface area contributed by atoms with E-state index >= 15 is 0 Å². The van der Waals surface area contributed by atoms with Crippen LogP contribution in [0, 0.1) is 13.8 Å². The van der Waals surface area contributed by atoms with Crippen molar-refractivity contribution in [3.63, 3.8) is 0 Å². The molecule has 29 heavy (non-hydrogen) atoms. The summed E-state index contributed by atoms with van der Waals surface area (Å²) in [6, 6.07) is 13.5. The molecular formula is C23H28N2O3S. The number of nitrogens with one attached hydrogen (secondary N) is 2. The van der Waals surface area contributed by atoms with Gasteiger partial charge in [0.2, 0.25) is 5.91 Å². The Morgan fingerprint density at radius 3 is 2.62 bits per heavy atom. The van der Waals surface area contributed by atoms with Crippen molar-refractivity contribution in [2.24, 2.45) is 0 Å². The van der Waals surface area contributed by atoms with E-state index in [2.05, 4.69) is 42.7 Å². The van der Waals surface area contributed by atoms with Gasteiger partial charge in [-0.05, 0) is 44.4 Å². The highest BCUT2D eigenvalue weighted by molar-refractivity contribution is 7.99. The summed E-state index contributed by atoms with van der Waals surface area (Å²) in [6.45, 7) is 5.41. The first-order valence-corrected chi connectivity index (χ1v) is 11.1. The Labute approximate surface area is 176 Å². The highest BCUT2D eigenvalue weighted by atomic mass is 32.2. The highest BCUT2D eigenvalue weighted by Crippen LogP contribution is 2.19. The number of thioether (sulfide) groups is 1. The number of hydrogen-bond acceptors (Lipinski definition) is 4. The van der Waals surface area contributed by atoms with Gasteiger partial charge in [-0.25, -0.2) is 0 Å². The van der Waals surface area contributed by atoms with E-state index in [1.807, 2.05) is 6.07 Å². The second-order valence-electron chi connectivity index (χ2n) is 7.43. The summed E-state index contributed by atoms with van der Waals surface area (Å²) in [4.78, 5) is 24.9. The van der Waals surface area contributed by atoms with Gasteiger partial charge in [-0.3, -0.25) is 9.59 Å². The second-order valence-corrected chi connectivity index (χ2v) is 8.41. The van der Waals surface area contributed by atoms with Crippen LogP contribution in [0.3, 0.4) is 0 Å². The third-order valence-electron chi connectivity index (χ3n) is 4.74. The lowest BCUT2D eigenvalue weighted by molar-refractivity contribution is -0.113. The molecule has 0 aliphatic carbocycles.